The second-order valence-electron chi connectivity index (χ2n) is 4.32. The number of imidazole rings is 1. The van der Waals surface area contributed by atoms with E-state index in [0.717, 1.165) is 25.6 Å². The zero-order valence-electron chi connectivity index (χ0n) is 10.0. The third-order valence-corrected chi connectivity index (χ3v) is 3.94. The van der Waals surface area contributed by atoms with E-state index in [1.807, 2.05) is 25.1 Å². The van der Waals surface area contributed by atoms with Gasteiger partial charge in [-0.05, 0) is 46.6 Å². The number of H-pyrrole nitrogens is 1. The number of fused-ring (bicyclic) bond motifs is 1. The number of aryl methyl sites for hydroxylation is 1. The fourth-order valence-corrected chi connectivity index (χ4v) is 3.14. The molecule has 19 heavy (non-hydrogen) atoms. The highest BCUT2D eigenvalue weighted by Crippen LogP contribution is 2.34. The second-order valence-corrected chi connectivity index (χ2v) is 6.09. The normalized spacial score (nSPS) is 11.1. The lowest BCUT2D eigenvalue weighted by atomic mass is 10.2. The minimum absolute atomic E-state index is 0.652. The molecule has 6 heteroatoms. The summed E-state index contributed by atoms with van der Waals surface area (Å²) in [5.74, 6) is 0.715. The fraction of sp³-hybridized carbons (Fsp3) is 0.0769. The maximum atomic E-state index is 6.09. The standard InChI is InChI=1S/C13H10Br2N4/c1-6-2-10-13(17-5-6)19-12(18-10)8-3-7(14)4-9(15)11(8)16/h2-5H,16H2,1H3,(H,17,18,19). The van der Waals surface area contributed by atoms with E-state index in [1.54, 1.807) is 6.20 Å². The molecule has 3 aromatic rings. The van der Waals surface area contributed by atoms with E-state index in [9.17, 15) is 0 Å². The van der Waals surface area contributed by atoms with E-state index in [1.165, 1.54) is 0 Å². The average molecular weight is 382 g/mol. The average Bonchev–Trinajstić information content (AvgIpc) is 2.76. The van der Waals surface area contributed by atoms with E-state index in [2.05, 4.69) is 46.8 Å². The van der Waals surface area contributed by atoms with Gasteiger partial charge in [0.15, 0.2) is 5.65 Å². The number of rotatable bonds is 1. The molecule has 0 aliphatic heterocycles. The first-order valence-corrected chi connectivity index (χ1v) is 7.20. The summed E-state index contributed by atoms with van der Waals surface area (Å²) in [4.78, 5) is 12.0. The highest BCUT2D eigenvalue weighted by Gasteiger charge is 2.12. The summed E-state index contributed by atoms with van der Waals surface area (Å²) >= 11 is 6.89. The molecule has 0 aliphatic carbocycles. The number of nitrogen functional groups attached to an aromatic ring is 1. The van der Waals surface area contributed by atoms with Gasteiger partial charge in [-0.1, -0.05) is 15.9 Å². The Bertz CT molecular complexity index is 780. The number of nitrogens with two attached hydrogens (primary N) is 1. The lowest BCUT2D eigenvalue weighted by Gasteiger charge is -2.05. The minimum Gasteiger partial charge on any atom is -0.397 e. The van der Waals surface area contributed by atoms with Gasteiger partial charge < -0.3 is 10.7 Å². The van der Waals surface area contributed by atoms with Crippen LogP contribution in [0.1, 0.15) is 5.56 Å². The maximum Gasteiger partial charge on any atom is 0.178 e. The molecular weight excluding hydrogens is 372 g/mol. The lowest BCUT2D eigenvalue weighted by molar-refractivity contribution is 1.28. The Labute approximate surface area is 126 Å². The molecule has 4 nitrogen and oxygen atoms in total. The third-order valence-electron chi connectivity index (χ3n) is 2.82. The van der Waals surface area contributed by atoms with Crippen LogP contribution < -0.4 is 5.73 Å². The molecule has 2 aromatic heterocycles. The van der Waals surface area contributed by atoms with Gasteiger partial charge in [-0.3, -0.25) is 0 Å². The van der Waals surface area contributed by atoms with Crippen LogP contribution in [0.5, 0.6) is 0 Å². The van der Waals surface area contributed by atoms with Crippen molar-refractivity contribution in [3.8, 4) is 11.4 Å². The molecule has 0 unspecified atom stereocenters. The predicted molar refractivity (Wildman–Crippen MR) is 83.9 cm³/mol. The number of hydrogen-bond donors (Lipinski definition) is 2. The summed E-state index contributed by atoms with van der Waals surface area (Å²) in [6.07, 6.45) is 1.80. The molecule has 96 valence electrons. The first kappa shape index (κ1) is 12.6. The van der Waals surface area contributed by atoms with Crippen LogP contribution >= 0.6 is 31.9 Å². The van der Waals surface area contributed by atoms with Crippen molar-refractivity contribution in [3.63, 3.8) is 0 Å². The highest BCUT2D eigenvalue weighted by atomic mass is 79.9. The molecule has 0 bridgehead atoms. The number of anilines is 1. The molecule has 0 atom stereocenters. The number of hydrogen-bond acceptors (Lipinski definition) is 3. The third kappa shape index (κ3) is 2.26. The monoisotopic (exact) mass is 380 g/mol. The Morgan fingerprint density at radius 3 is 2.79 bits per heavy atom. The molecule has 0 aliphatic rings. The van der Waals surface area contributed by atoms with Crippen molar-refractivity contribution in [2.24, 2.45) is 0 Å². The molecule has 3 rings (SSSR count). The Morgan fingerprint density at radius 1 is 1.21 bits per heavy atom. The van der Waals surface area contributed by atoms with Crippen LogP contribution in [0, 0.1) is 6.92 Å². The first-order chi connectivity index (χ1) is 9.04. The van der Waals surface area contributed by atoms with Crippen LogP contribution in [0.3, 0.4) is 0 Å². The number of pyridine rings is 1. The van der Waals surface area contributed by atoms with Crippen LogP contribution in [0.25, 0.3) is 22.6 Å². The molecule has 0 amide bonds. The van der Waals surface area contributed by atoms with E-state index in [0.29, 0.717) is 17.2 Å². The number of halogens is 2. The van der Waals surface area contributed by atoms with Gasteiger partial charge in [-0.25, -0.2) is 9.97 Å². The number of benzene rings is 1. The number of nitrogens with zero attached hydrogens (tertiary/aromatic N) is 2. The van der Waals surface area contributed by atoms with Gasteiger partial charge in [-0.15, -0.1) is 0 Å². The molecule has 0 saturated heterocycles. The Balaban J connectivity index is 2.24. The fourth-order valence-electron chi connectivity index (χ4n) is 1.91. The quantitative estimate of drug-likeness (QED) is 0.625. The van der Waals surface area contributed by atoms with Crippen molar-refractivity contribution in [3.05, 3.63) is 38.9 Å². The number of aromatic nitrogens is 3. The van der Waals surface area contributed by atoms with Crippen molar-refractivity contribution in [2.75, 3.05) is 5.73 Å². The summed E-state index contributed by atoms with van der Waals surface area (Å²) < 4.78 is 1.77. The first-order valence-electron chi connectivity index (χ1n) is 5.62. The maximum absolute atomic E-state index is 6.09. The van der Waals surface area contributed by atoms with Crippen LogP contribution in [-0.4, -0.2) is 15.0 Å². The summed E-state index contributed by atoms with van der Waals surface area (Å²) in [6, 6.07) is 5.86. The van der Waals surface area contributed by atoms with Gasteiger partial charge >= 0.3 is 0 Å². The molecule has 0 saturated carbocycles. The van der Waals surface area contributed by atoms with Crippen LogP contribution in [0.2, 0.25) is 0 Å². The van der Waals surface area contributed by atoms with Crippen molar-refractivity contribution in [1.29, 1.82) is 0 Å². The van der Waals surface area contributed by atoms with Crippen LogP contribution in [0.4, 0.5) is 5.69 Å². The molecule has 2 heterocycles. The Kier molecular flexibility index (Phi) is 3.06. The minimum atomic E-state index is 0.652. The summed E-state index contributed by atoms with van der Waals surface area (Å²) in [6.45, 7) is 2.00. The van der Waals surface area contributed by atoms with Gasteiger partial charge in [0.2, 0.25) is 0 Å². The van der Waals surface area contributed by atoms with Crippen molar-refractivity contribution >= 4 is 48.7 Å². The predicted octanol–water partition coefficient (Wildman–Crippen LogP) is 4.04. The van der Waals surface area contributed by atoms with Gasteiger partial charge in [0, 0.05) is 20.7 Å². The summed E-state index contributed by atoms with van der Waals surface area (Å²) in [7, 11) is 0. The molecular formula is C13H10Br2N4. The molecule has 0 fully saturated rings. The Morgan fingerprint density at radius 2 is 2.00 bits per heavy atom. The van der Waals surface area contributed by atoms with Crippen LogP contribution in [-0.2, 0) is 0 Å². The zero-order chi connectivity index (χ0) is 13.6. The number of nitrogens with one attached hydrogen (secondary N) is 1. The Hall–Kier alpha value is -1.40. The molecule has 0 radical (unpaired) electrons. The van der Waals surface area contributed by atoms with Gasteiger partial charge in [0.25, 0.3) is 0 Å². The summed E-state index contributed by atoms with van der Waals surface area (Å²) in [5, 5.41) is 0. The van der Waals surface area contributed by atoms with E-state index in [-0.39, 0.29) is 0 Å². The summed E-state index contributed by atoms with van der Waals surface area (Å²) in [5.41, 5.74) is 10.3. The van der Waals surface area contributed by atoms with E-state index >= 15 is 0 Å². The second kappa shape index (κ2) is 4.61. The molecule has 1 aromatic carbocycles. The van der Waals surface area contributed by atoms with Gasteiger partial charge in [-0.2, -0.15) is 0 Å². The molecule has 3 N–H and O–H groups in total. The molecule has 0 spiro atoms. The smallest absolute Gasteiger partial charge is 0.178 e. The number of aromatic amines is 1. The van der Waals surface area contributed by atoms with Crippen molar-refractivity contribution in [1.82, 2.24) is 15.0 Å². The van der Waals surface area contributed by atoms with Crippen molar-refractivity contribution in [2.45, 2.75) is 6.92 Å². The largest absolute Gasteiger partial charge is 0.397 e. The van der Waals surface area contributed by atoms with E-state index in [4.69, 9.17) is 5.73 Å². The SMILES string of the molecule is Cc1cnc2nc(-c3cc(Br)cc(Br)c3N)[nH]c2c1. The van der Waals surface area contributed by atoms with Gasteiger partial charge in [0.1, 0.15) is 5.82 Å². The van der Waals surface area contributed by atoms with Crippen molar-refractivity contribution < 1.29 is 0 Å². The van der Waals surface area contributed by atoms with E-state index < -0.39 is 0 Å². The van der Waals surface area contributed by atoms with Crippen LogP contribution in [0.15, 0.2) is 33.3 Å². The lowest BCUT2D eigenvalue weighted by Crippen LogP contribution is -1.93. The van der Waals surface area contributed by atoms with Gasteiger partial charge in [0.05, 0.1) is 11.2 Å². The topological polar surface area (TPSA) is 67.6 Å². The zero-order valence-corrected chi connectivity index (χ0v) is 13.2. The highest BCUT2D eigenvalue weighted by molar-refractivity contribution is 9.11.